The Morgan fingerprint density at radius 1 is 1.06 bits per heavy atom. The zero-order valence-corrected chi connectivity index (χ0v) is 11.8. The van der Waals surface area contributed by atoms with E-state index in [-0.39, 0.29) is 0 Å². The second-order valence-corrected chi connectivity index (χ2v) is 12.2. The molecule has 0 aliphatic heterocycles. The molecule has 1 heterocycles. The highest BCUT2D eigenvalue weighted by Gasteiger charge is 2.13. The first-order valence-corrected chi connectivity index (χ1v) is 10.2. The lowest BCUT2D eigenvalue weighted by Crippen LogP contribution is -2.23. The molecule has 1 aromatic carbocycles. The molecule has 0 atom stereocenters. The number of rotatable bonds is 3. The Balaban J connectivity index is 2.20. The minimum atomic E-state index is -0.985. The summed E-state index contributed by atoms with van der Waals surface area (Å²) >= 11 is 1.89. The minimum Gasteiger partial charge on any atom is -0.242 e. The van der Waals surface area contributed by atoms with E-state index in [0.29, 0.717) is 0 Å². The summed E-state index contributed by atoms with van der Waals surface area (Å²) in [7, 11) is -0.985. The molecule has 2 aromatic rings. The van der Waals surface area contributed by atoms with Gasteiger partial charge in [0.05, 0.1) is 18.6 Å². The van der Waals surface area contributed by atoms with Gasteiger partial charge in [-0.1, -0.05) is 43.9 Å². The van der Waals surface area contributed by atoms with Gasteiger partial charge in [-0.2, -0.15) is 0 Å². The number of pyridine rings is 1. The first-order valence-electron chi connectivity index (χ1n) is 5.53. The Morgan fingerprint density at radius 3 is 2.56 bits per heavy atom. The monoisotopic (exact) mass is 247 g/mol. The Morgan fingerprint density at radius 2 is 1.81 bits per heavy atom. The maximum absolute atomic E-state index is 4.66. The highest BCUT2D eigenvalue weighted by Crippen LogP contribution is 2.22. The van der Waals surface area contributed by atoms with Gasteiger partial charge < -0.3 is 0 Å². The van der Waals surface area contributed by atoms with Crippen LogP contribution < -0.4 is 0 Å². The molecular weight excluding hydrogens is 230 g/mol. The summed E-state index contributed by atoms with van der Waals surface area (Å²) in [6.07, 6.45) is 0. The predicted octanol–water partition coefficient (Wildman–Crippen LogP) is 4.20. The molecule has 1 aromatic heterocycles. The third-order valence-electron chi connectivity index (χ3n) is 2.23. The smallest absolute Gasteiger partial charge is 0.0964 e. The van der Waals surface area contributed by atoms with Crippen LogP contribution in [-0.2, 0) is 0 Å². The molecule has 2 rings (SSSR count). The van der Waals surface area contributed by atoms with Crippen LogP contribution in [0, 0.1) is 0 Å². The predicted molar refractivity (Wildman–Crippen MR) is 75.8 cm³/mol. The summed E-state index contributed by atoms with van der Waals surface area (Å²) in [6, 6.07) is 12.6. The van der Waals surface area contributed by atoms with E-state index < -0.39 is 8.07 Å². The van der Waals surface area contributed by atoms with Crippen molar-refractivity contribution in [2.24, 2.45) is 0 Å². The van der Waals surface area contributed by atoms with E-state index in [1.54, 1.807) is 0 Å². The van der Waals surface area contributed by atoms with E-state index in [4.69, 9.17) is 0 Å². The second kappa shape index (κ2) is 4.59. The number of fused-ring (bicyclic) bond motifs is 1. The molecular formula is C13H17NSSi. The first kappa shape index (κ1) is 11.7. The summed E-state index contributed by atoms with van der Waals surface area (Å²) in [5.41, 5.74) is 1.10. The van der Waals surface area contributed by atoms with Crippen molar-refractivity contribution < 1.29 is 0 Å². The molecule has 0 amide bonds. The van der Waals surface area contributed by atoms with E-state index in [1.165, 1.54) is 10.8 Å². The SMILES string of the molecule is C[Si](C)(C)CSc1ccc2ccccc2n1. The van der Waals surface area contributed by atoms with Crippen LogP contribution in [0.5, 0.6) is 0 Å². The van der Waals surface area contributed by atoms with E-state index in [0.717, 1.165) is 10.5 Å². The van der Waals surface area contributed by atoms with E-state index in [9.17, 15) is 0 Å². The van der Waals surface area contributed by atoms with Crippen LogP contribution in [0.3, 0.4) is 0 Å². The molecule has 0 unspecified atom stereocenters. The first-order chi connectivity index (χ1) is 7.54. The topological polar surface area (TPSA) is 12.9 Å². The molecule has 0 N–H and O–H groups in total. The molecule has 0 fully saturated rings. The Labute approximate surface area is 102 Å². The van der Waals surface area contributed by atoms with Crippen molar-refractivity contribution >= 4 is 30.7 Å². The fraction of sp³-hybridized carbons (Fsp3) is 0.308. The van der Waals surface area contributed by atoms with Gasteiger partial charge in [0.15, 0.2) is 0 Å². The Bertz CT molecular complexity index is 491. The molecule has 84 valence electrons. The molecule has 0 aliphatic rings. The number of aromatic nitrogens is 1. The number of nitrogens with zero attached hydrogens (tertiary/aromatic N) is 1. The molecule has 3 heteroatoms. The quantitative estimate of drug-likeness (QED) is 0.595. The Hall–Kier alpha value is -0.803. The van der Waals surface area contributed by atoms with Gasteiger partial charge in [0.2, 0.25) is 0 Å². The summed E-state index contributed by atoms with van der Waals surface area (Å²) in [4.78, 5) is 4.66. The third-order valence-corrected chi connectivity index (χ3v) is 6.79. The van der Waals surface area contributed by atoms with Crippen molar-refractivity contribution in [3.63, 3.8) is 0 Å². The van der Waals surface area contributed by atoms with Crippen LogP contribution in [0.15, 0.2) is 41.4 Å². The van der Waals surface area contributed by atoms with Crippen LogP contribution >= 0.6 is 11.8 Å². The zero-order chi connectivity index (χ0) is 11.6. The van der Waals surface area contributed by atoms with Gasteiger partial charge in [0.1, 0.15) is 0 Å². The average Bonchev–Trinajstić information content (AvgIpc) is 2.25. The highest BCUT2D eigenvalue weighted by atomic mass is 32.2. The fourth-order valence-electron chi connectivity index (χ4n) is 1.42. The maximum atomic E-state index is 4.66. The molecule has 0 saturated carbocycles. The lowest BCUT2D eigenvalue weighted by atomic mass is 10.2. The number of hydrogen-bond donors (Lipinski definition) is 0. The van der Waals surface area contributed by atoms with Crippen LogP contribution in [0.25, 0.3) is 10.9 Å². The minimum absolute atomic E-state index is 0.985. The summed E-state index contributed by atoms with van der Waals surface area (Å²) in [5, 5.41) is 3.61. The van der Waals surface area contributed by atoms with Crippen molar-refractivity contribution in [2.75, 3.05) is 5.38 Å². The number of para-hydroxylation sites is 1. The number of hydrogen-bond acceptors (Lipinski definition) is 2. The van der Waals surface area contributed by atoms with Gasteiger partial charge >= 0.3 is 0 Å². The van der Waals surface area contributed by atoms with Gasteiger partial charge in [0.25, 0.3) is 0 Å². The molecule has 0 spiro atoms. The molecule has 0 saturated heterocycles. The lowest BCUT2D eigenvalue weighted by molar-refractivity contribution is 1.19. The van der Waals surface area contributed by atoms with Gasteiger partial charge in [-0.3, -0.25) is 0 Å². The number of thioether (sulfide) groups is 1. The van der Waals surface area contributed by atoms with Crippen LogP contribution in [0.2, 0.25) is 19.6 Å². The summed E-state index contributed by atoms with van der Waals surface area (Å²) in [6.45, 7) is 7.17. The van der Waals surface area contributed by atoms with Crippen molar-refractivity contribution in [3.8, 4) is 0 Å². The van der Waals surface area contributed by atoms with Gasteiger partial charge in [-0.25, -0.2) is 4.98 Å². The van der Waals surface area contributed by atoms with Crippen molar-refractivity contribution in [2.45, 2.75) is 24.7 Å². The standard InChI is InChI=1S/C13H17NSSi/c1-16(2,3)10-15-13-9-8-11-6-4-5-7-12(11)14-13/h4-9H,10H2,1-3H3. The van der Waals surface area contributed by atoms with Gasteiger partial charge in [-0.15, -0.1) is 11.8 Å². The van der Waals surface area contributed by atoms with Crippen molar-refractivity contribution in [1.82, 2.24) is 4.98 Å². The number of benzene rings is 1. The second-order valence-electron chi connectivity index (χ2n) is 5.19. The normalized spacial score (nSPS) is 11.9. The van der Waals surface area contributed by atoms with Gasteiger partial charge in [0, 0.05) is 5.39 Å². The molecule has 0 bridgehead atoms. The lowest BCUT2D eigenvalue weighted by Gasteiger charge is -2.14. The van der Waals surface area contributed by atoms with Crippen molar-refractivity contribution in [3.05, 3.63) is 36.4 Å². The van der Waals surface area contributed by atoms with Crippen LogP contribution in [0.4, 0.5) is 0 Å². The highest BCUT2D eigenvalue weighted by molar-refractivity contribution is 8.00. The summed E-state index contributed by atoms with van der Waals surface area (Å²) in [5.74, 6) is 0. The largest absolute Gasteiger partial charge is 0.242 e. The average molecular weight is 247 g/mol. The molecule has 1 nitrogen and oxygen atoms in total. The van der Waals surface area contributed by atoms with E-state index in [1.807, 2.05) is 17.8 Å². The van der Waals surface area contributed by atoms with Crippen molar-refractivity contribution in [1.29, 1.82) is 0 Å². The fourth-order valence-corrected chi connectivity index (χ4v) is 4.07. The summed E-state index contributed by atoms with van der Waals surface area (Å²) < 4.78 is 0. The molecule has 16 heavy (non-hydrogen) atoms. The molecule has 0 radical (unpaired) electrons. The molecule has 0 aliphatic carbocycles. The maximum Gasteiger partial charge on any atom is 0.0964 e. The third kappa shape index (κ3) is 3.09. The van der Waals surface area contributed by atoms with E-state index in [2.05, 4.69) is 55.0 Å². The zero-order valence-electron chi connectivity index (χ0n) is 10.0. The van der Waals surface area contributed by atoms with Gasteiger partial charge in [-0.05, 0) is 17.5 Å². The Kier molecular flexibility index (Phi) is 3.35. The van der Waals surface area contributed by atoms with Crippen LogP contribution in [-0.4, -0.2) is 18.4 Å². The van der Waals surface area contributed by atoms with E-state index >= 15 is 0 Å². The van der Waals surface area contributed by atoms with Crippen LogP contribution in [0.1, 0.15) is 0 Å².